The Morgan fingerprint density at radius 2 is 1.79 bits per heavy atom. The van der Waals surface area contributed by atoms with Crippen LogP contribution in [0.5, 0.6) is 23.0 Å². The van der Waals surface area contributed by atoms with E-state index in [1.54, 1.807) is 30.5 Å². The number of ether oxygens (including phenoxy) is 3. The van der Waals surface area contributed by atoms with Gasteiger partial charge in [-0.3, -0.25) is 9.78 Å². The third-order valence-electron chi connectivity index (χ3n) is 4.86. The number of pyridine rings is 1. The van der Waals surface area contributed by atoms with Gasteiger partial charge >= 0.3 is 0 Å². The molecule has 8 heteroatoms. The molecule has 0 unspecified atom stereocenters. The Morgan fingerprint density at radius 3 is 2.45 bits per heavy atom. The van der Waals surface area contributed by atoms with Gasteiger partial charge in [-0.05, 0) is 37.1 Å². The molecule has 1 fully saturated rings. The van der Waals surface area contributed by atoms with Gasteiger partial charge in [-0.25, -0.2) is 4.39 Å². The number of hydrogen-bond acceptors (Lipinski definition) is 6. The molecule has 4 rings (SSSR count). The average Bonchev–Trinajstić information content (AvgIpc) is 3.48. The average molecular weight is 397 g/mol. The largest absolute Gasteiger partial charge is 0.493 e. The summed E-state index contributed by atoms with van der Waals surface area (Å²) < 4.78 is 31.0. The molecule has 0 saturated heterocycles. The van der Waals surface area contributed by atoms with Gasteiger partial charge in [-0.2, -0.15) is 0 Å². The summed E-state index contributed by atoms with van der Waals surface area (Å²) in [4.78, 5) is 16.3. The van der Waals surface area contributed by atoms with Gasteiger partial charge in [0.2, 0.25) is 5.91 Å². The Kier molecular flexibility index (Phi) is 4.71. The molecule has 2 aromatic carbocycles. The lowest BCUT2D eigenvalue weighted by atomic mass is 10.1. The number of amides is 1. The Labute approximate surface area is 166 Å². The maximum atomic E-state index is 14.6. The number of nitrogens with zero attached hydrogens (tertiary/aromatic N) is 1. The normalized spacial score (nSPS) is 14.3. The lowest BCUT2D eigenvalue weighted by Gasteiger charge is -2.14. The molecule has 7 nitrogen and oxygen atoms in total. The molecule has 1 saturated carbocycles. The molecule has 0 radical (unpaired) electrons. The number of anilines is 1. The number of aromatic nitrogens is 1. The van der Waals surface area contributed by atoms with Crippen LogP contribution in [0, 0.1) is 5.82 Å². The van der Waals surface area contributed by atoms with E-state index in [-0.39, 0.29) is 11.7 Å². The van der Waals surface area contributed by atoms with E-state index in [1.807, 2.05) is 0 Å². The minimum atomic E-state index is -0.832. The molecule has 0 bridgehead atoms. The zero-order valence-electron chi connectivity index (χ0n) is 16.0. The van der Waals surface area contributed by atoms with Crippen LogP contribution in [0.3, 0.4) is 0 Å². The van der Waals surface area contributed by atoms with E-state index in [2.05, 4.69) is 10.3 Å². The molecule has 29 heavy (non-hydrogen) atoms. The van der Waals surface area contributed by atoms with E-state index in [4.69, 9.17) is 19.9 Å². The number of nitrogens with one attached hydrogen (secondary N) is 1. The lowest BCUT2D eigenvalue weighted by molar-refractivity contribution is -0.118. The maximum absolute atomic E-state index is 14.6. The third-order valence-corrected chi connectivity index (χ3v) is 4.86. The second kappa shape index (κ2) is 7.21. The highest BCUT2D eigenvalue weighted by Gasteiger charge is 2.45. The van der Waals surface area contributed by atoms with E-state index >= 15 is 0 Å². The summed E-state index contributed by atoms with van der Waals surface area (Å²) in [5.41, 5.74) is 5.95. The number of halogens is 1. The molecule has 1 aliphatic carbocycles. The molecule has 0 atom stereocenters. The highest BCUT2D eigenvalue weighted by Crippen LogP contribution is 2.38. The van der Waals surface area contributed by atoms with Gasteiger partial charge in [-0.15, -0.1) is 0 Å². The van der Waals surface area contributed by atoms with Crippen LogP contribution in [0.25, 0.3) is 10.9 Å². The van der Waals surface area contributed by atoms with Gasteiger partial charge in [0, 0.05) is 29.4 Å². The van der Waals surface area contributed by atoms with Gasteiger partial charge in [-0.1, -0.05) is 0 Å². The first-order valence-electron chi connectivity index (χ1n) is 9.02. The van der Waals surface area contributed by atoms with Crippen molar-refractivity contribution in [3.63, 3.8) is 0 Å². The summed E-state index contributed by atoms with van der Waals surface area (Å²) in [6, 6.07) is 9.29. The van der Waals surface area contributed by atoms with Crippen LogP contribution in [0.1, 0.15) is 12.8 Å². The van der Waals surface area contributed by atoms with Crippen molar-refractivity contribution in [2.24, 2.45) is 5.73 Å². The smallest absolute Gasteiger partial charge is 0.244 e. The summed E-state index contributed by atoms with van der Waals surface area (Å²) in [5.74, 6) is 0.531. The summed E-state index contributed by atoms with van der Waals surface area (Å²) in [6.45, 7) is 0. The zero-order chi connectivity index (χ0) is 20.6. The SMILES string of the molecule is COc1cc2nccc(Oc3ccc(NC(=O)C4(N)CC4)cc3F)c2cc1OC. The topological polar surface area (TPSA) is 95.7 Å². The number of rotatable bonds is 6. The Balaban J connectivity index is 1.62. The van der Waals surface area contributed by atoms with Crippen LogP contribution in [-0.4, -0.2) is 30.6 Å². The molecular weight excluding hydrogens is 377 g/mol. The molecule has 1 amide bonds. The van der Waals surface area contributed by atoms with E-state index in [0.717, 1.165) is 0 Å². The monoisotopic (exact) mass is 397 g/mol. The van der Waals surface area contributed by atoms with Crippen LogP contribution < -0.4 is 25.3 Å². The first-order chi connectivity index (χ1) is 13.9. The highest BCUT2D eigenvalue weighted by molar-refractivity contribution is 6.00. The van der Waals surface area contributed by atoms with Gasteiger partial charge in [0.15, 0.2) is 23.1 Å². The molecule has 0 aliphatic heterocycles. The minimum absolute atomic E-state index is 0.0131. The Hall–Kier alpha value is -3.39. The first-order valence-corrected chi connectivity index (χ1v) is 9.02. The highest BCUT2D eigenvalue weighted by atomic mass is 19.1. The maximum Gasteiger partial charge on any atom is 0.244 e. The number of hydrogen-bond donors (Lipinski definition) is 2. The fourth-order valence-electron chi connectivity index (χ4n) is 2.93. The summed E-state index contributed by atoms with van der Waals surface area (Å²) >= 11 is 0. The molecule has 1 heterocycles. The number of carbonyl (C=O) groups excluding carboxylic acids is 1. The van der Waals surface area contributed by atoms with Crippen LogP contribution in [0.15, 0.2) is 42.6 Å². The summed E-state index contributed by atoms with van der Waals surface area (Å²) in [7, 11) is 3.07. The predicted octanol–water partition coefficient (Wildman–Crippen LogP) is 3.61. The zero-order valence-corrected chi connectivity index (χ0v) is 16.0. The standard InChI is InChI=1S/C21H20FN3O4/c1-27-18-10-13-15(11-19(18)28-2)24-8-5-16(13)29-17-4-3-12(9-14(17)22)25-20(26)21(23)6-7-21/h3-5,8-11H,6-7,23H2,1-2H3,(H,25,26). The fourth-order valence-corrected chi connectivity index (χ4v) is 2.93. The fraction of sp³-hybridized carbons (Fsp3) is 0.238. The van der Waals surface area contributed by atoms with Crippen molar-refractivity contribution >= 4 is 22.5 Å². The Bertz CT molecular complexity index is 1100. The molecule has 1 aromatic heterocycles. The van der Waals surface area contributed by atoms with Crippen molar-refractivity contribution < 1.29 is 23.4 Å². The molecule has 3 N–H and O–H groups in total. The number of fused-ring (bicyclic) bond motifs is 1. The van der Waals surface area contributed by atoms with E-state index in [9.17, 15) is 9.18 Å². The second-order valence-corrected chi connectivity index (χ2v) is 6.89. The summed E-state index contributed by atoms with van der Waals surface area (Å²) in [6.07, 6.45) is 2.82. The second-order valence-electron chi connectivity index (χ2n) is 6.89. The quantitative estimate of drug-likeness (QED) is 0.660. The Morgan fingerprint density at radius 1 is 1.07 bits per heavy atom. The third kappa shape index (κ3) is 3.66. The van der Waals surface area contributed by atoms with E-state index in [1.165, 1.54) is 26.4 Å². The molecule has 150 valence electrons. The molecule has 3 aromatic rings. The van der Waals surface area contributed by atoms with E-state index in [0.29, 0.717) is 46.7 Å². The van der Waals surface area contributed by atoms with Crippen molar-refractivity contribution in [2.45, 2.75) is 18.4 Å². The lowest BCUT2D eigenvalue weighted by Crippen LogP contribution is -2.37. The van der Waals surface area contributed by atoms with Gasteiger partial charge in [0.25, 0.3) is 0 Å². The minimum Gasteiger partial charge on any atom is -0.493 e. The number of methoxy groups -OCH3 is 2. The predicted molar refractivity (Wildman–Crippen MR) is 106 cm³/mol. The van der Waals surface area contributed by atoms with Crippen LogP contribution in [0.2, 0.25) is 0 Å². The van der Waals surface area contributed by atoms with Crippen LogP contribution in [-0.2, 0) is 4.79 Å². The summed E-state index contributed by atoms with van der Waals surface area (Å²) in [5, 5.41) is 3.27. The number of benzene rings is 2. The van der Waals surface area contributed by atoms with Crippen molar-refractivity contribution in [1.82, 2.24) is 4.98 Å². The first kappa shape index (κ1) is 18.9. The van der Waals surface area contributed by atoms with Gasteiger partial charge < -0.3 is 25.3 Å². The number of nitrogens with two attached hydrogens (primary N) is 1. The van der Waals surface area contributed by atoms with Crippen molar-refractivity contribution in [1.29, 1.82) is 0 Å². The molecular formula is C21H20FN3O4. The number of carbonyl (C=O) groups is 1. The molecule has 1 aliphatic rings. The van der Waals surface area contributed by atoms with Crippen molar-refractivity contribution in [3.05, 3.63) is 48.4 Å². The van der Waals surface area contributed by atoms with Crippen LogP contribution in [0.4, 0.5) is 10.1 Å². The van der Waals surface area contributed by atoms with Gasteiger partial charge in [0.05, 0.1) is 25.3 Å². The van der Waals surface area contributed by atoms with E-state index < -0.39 is 11.4 Å². The van der Waals surface area contributed by atoms with Gasteiger partial charge in [0.1, 0.15) is 5.75 Å². The molecule has 0 spiro atoms. The van der Waals surface area contributed by atoms with Crippen LogP contribution >= 0.6 is 0 Å². The van der Waals surface area contributed by atoms with Crippen molar-refractivity contribution in [2.75, 3.05) is 19.5 Å². The van der Waals surface area contributed by atoms with Crippen molar-refractivity contribution in [3.8, 4) is 23.0 Å².